The molecule has 0 unspecified atom stereocenters. The second-order valence-corrected chi connectivity index (χ2v) is 10.7. The zero-order valence-corrected chi connectivity index (χ0v) is 25.3. The lowest BCUT2D eigenvalue weighted by Crippen LogP contribution is -2.51. The molecule has 212 valence electrons. The van der Waals surface area contributed by atoms with Crippen LogP contribution in [0.3, 0.4) is 0 Å². The number of nitrogens with one attached hydrogen (secondary N) is 1. The summed E-state index contributed by atoms with van der Waals surface area (Å²) >= 11 is 0. The number of nitrogens with zero attached hydrogens (tertiary/aromatic N) is 1. The van der Waals surface area contributed by atoms with Gasteiger partial charge in [0.15, 0.2) is 0 Å². The Labute approximate surface area is 232 Å². The third-order valence-electron chi connectivity index (χ3n) is 7.91. The van der Waals surface area contributed by atoms with Crippen LogP contribution in [0.25, 0.3) is 5.57 Å². The molecule has 0 aromatic heterocycles. The maximum Gasteiger partial charge on any atom is 0.140 e. The van der Waals surface area contributed by atoms with Gasteiger partial charge in [0.1, 0.15) is 5.76 Å². The van der Waals surface area contributed by atoms with Gasteiger partial charge >= 0.3 is 0 Å². The van der Waals surface area contributed by atoms with E-state index in [4.69, 9.17) is 14.9 Å². The van der Waals surface area contributed by atoms with Crippen LogP contribution in [0.4, 0.5) is 0 Å². The molecule has 2 heterocycles. The molecule has 0 aliphatic carbocycles. The molecule has 5 nitrogen and oxygen atoms in total. The monoisotopic (exact) mass is 523 g/mol. The third-order valence-corrected chi connectivity index (χ3v) is 7.91. The highest BCUT2D eigenvalue weighted by Crippen LogP contribution is 2.38. The first-order valence-electron chi connectivity index (χ1n) is 14.6. The van der Waals surface area contributed by atoms with Gasteiger partial charge in [-0.2, -0.15) is 0 Å². The second-order valence-electron chi connectivity index (χ2n) is 10.7. The maximum absolute atomic E-state index is 8.35. The van der Waals surface area contributed by atoms with Crippen molar-refractivity contribution < 1.29 is 9.47 Å². The molecule has 0 atom stereocenters. The van der Waals surface area contributed by atoms with Crippen molar-refractivity contribution in [1.29, 1.82) is 5.41 Å². The summed E-state index contributed by atoms with van der Waals surface area (Å²) in [5.41, 5.74) is 13.2. The van der Waals surface area contributed by atoms with Crippen LogP contribution in [-0.4, -0.2) is 57.1 Å². The van der Waals surface area contributed by atoms with Crippen molar-refractivity contribution >= 4 is 11.3 Å². The standard InChI is InChI=1S/C32H48N2O2.CH5N/c1-8-11-28(24(9-2)19-31(35-7)30(33)10-3)32(22(4)5)29-18-26(13-12-23(29)6)25-14-16-34(17-15-25)27-20-36-21-27;1-2/h9,12-13,18-19,22,25,27,33H,8,10-11,14-17,20-21H2,1-7H3;2H2,1H3/b24-9+,31-19+,32-28+,33-30?;. The van der Waals surface area contributed by atoms with E-state index in [9.17, 15) is 0 Å². The van der Waals surface area contributed by atoms with Crippen LogP contribution in [0.5, 0.6) is 0 Å². The summed E-state index contributed by atoms with van der Waals surface area (Å²) in [4.78, 5) is 2.62. The van der Waals surface area contributed by atoms with Crippen molar-refractivity contribution in [3.63, 3.8) is 0 Å². The average Bonchev–Trinajstić information content (AvgIpc) is 2.90. The first-order valence-corrected chi connectivity index (χ1v) is 14.6. The van der Waals surface area contributed by atoms with E-state index in [2.05, 4.69) is 75.6 Å². The van der Waals surface area contributed by atoms with Gasteiger partial charge in [0.25, 0.3) is 0 Å². The second kappa shape index (κ2) is 16.0. The Morgan fingerprint density at radius 2 is 1.84 bits per heavy atom. The van der Waals surface area contributed by atoms with E-state index in [1.54, 1.807) is 7.11 Å². The molecule has 1 aromatic carbocycles. The number of methoxy groups -OCH3 is 1. The first kappa shape index (κ1) is 32.0. The summed E-state index contributed by atoms with van der Waals surface area (Å²) in [7, 11) is 3.17. The van der Waals surface area contributed by atoms with E-state index in [1.807, 2.05) is 6.92 Å². The number of piperidine rings is 1. The van der Waals surface area contributed by atoms with E-state index in [-0.39, 0.29) is 0 Å². The van der Waals surface area contributed by atoms with Gasteiger partial charge in [0.2, 0.25) is 0 Å². The normalized spacial score (nSPS) is 18.5. The summed E-state index contributed by atoms with van der Waals surface area (Å²) in [6, 6.07) is 7.84. The molecule has 2 saturated heterocycles. The molecular formula is C33H53N3O2. The Morgan fingerprint density at radius 1 is 1.18 bits per heavy atom. The Balaban J connectivity index is 0.00000247. The van der Waals surface area contributed by atoms with E-state index in [1.165, 1.54) is 66.4 Å². The Hall–Kier alpha value is -2.21. The minimum absolute atomic E-state index is 0.390. The number of benzene rings is 1. The number of hydrogen-bond acceptors (Lipinski definition) is 5. The van der Waals surface area contributed by atoms with Crippen LogP contribution >= 0.6 is 0 Å². The lowest BCUT2D eigenvalue weighted by molar-refractivity contribution is -0.0712. The summed E-state index contributed by atoms with van der Waals surface area (Å²) in [6.45, 7) is 17.4. The SMILES string of the molecule is C/C=C(\C=C(\OC)C(=N)CC)C(/CCC)=C(/c1cc(C2CCN(C3COC3)CC2)ccc1C)C(C)C.CN. The molecule has 5 heteroatoms. The number of likely N-dealkylation sites (tertiary alicyclic amines) is 1. The molecule has 38 heavy (non-hydrogen) atoms. The van der Waals surface area contributed by atoms with Gasteiger partial charge in [0.05, 0.1) is 32.1 Å². The summed E-state index contributed by atoms with van der Waals surface area (Å²) in [5, 5.41) is 8.35. The average molecular weight is 524 g/mol. The van der Waals surface area contributed by atoms with Crippen molar-refractivity contribution in [3.05, 3.63) is 63.9 Å². The molecule has 2 aliphatic rings. The largest absolute Gasteiger partial charge is 0.495 e. The zero-order chi connectivity index (χ0) is 28.2. The smallest absolute Gasteiger partial charge is 0.140 e. The topological polar surface area (TPSA) is 71.6 Å². The Kier molecular flexibility index (Phi) is 13.5. The number of hydrogen-bond donors (Lipinski definition) is 2. The van der Waals surface area contributed by atoms with Gasteiger partial charge in [-0.15, -0.1) is 0 Å². The van der Waals surface area contributed by atoms with Gasteiger partial charge in [-0.3, -0.25) is 4.90 Å². The quantitative estimate of drug-likeness (QED) is 0.182. The molecule has 0 bridgehead atoms. The molecule has 0 radical (unpaired) electrons. The van der Waals surface area contributed by atoms with Crippen molar-refractivity contribution in [1.82, 2.24) is 4.90 Å². The van der Waals surface area contributed by atoms with Crippen LogP contribution < -0.4 is 5.73 Å². The number of nitrogens with two attached hydrogens (primary N) is 1. The predicted octanol–water partition coefficient (Wildman–Crippen LogP) is 7.26. The van der Waals surface area contributed by atoms with Gasteiger partial charge in [0, 0.05) is 0 Å². The van der Waals surface area contributed by atoms with Crippen LogP contribution in [-0.2, 0) is 9.47 Å². The number of ether oxygens (including phenoxy) is 2. The molecule has 0 amide bonds. The molecule has 1 aromatic rings. The van der Waals surface area contributed by atoms with E-state index < -0.39 is 0 Å². The zero-order valence-electron chi connectivity index (χ0n) is 25.3. The highest BCUT2D eigenvalue weighted by molar-refractivity contribution is 5.96. The minimum atomic E-state index is 0.390. The van der Waals surface area contributed by atoms with Crippen molar-refractivity contribution in [2.75, 3.05) is 40.5 Å². The molecule has 0 saturated carbocycles. The lowest BCUT2D eigenvalue weighted by atomic mass is 9.80. The fraction of sp³-hybridized carbons (Fsp3) is 0.606. The fourth-order valence-corrected chi connectivity index (χ4v) is 5.65. The third kappa shape index (κ3) is 7.91. The van der Waals surface area contributed by atoms with E-state index in [0.717, 1.165) is 26.1 Å². The fourth-order valence-electron chi connectivity index (χ4n) is 5.65. The Morgan fingerprint density at radius 3 is 2.32 bits per heavy atom. The molecule has 3 rings (SSSR count). The van der Waals surface area contributed by atoms with Gasteiger partial charge in [-0.1, -0.05) is 58.4 Å². The van der Waals surface area contributed by atoms with E-state index >= 15 is 0 Å². The first-order chi connectivity index (χ1) is 18.3. The van der Waals surface area contributed by atoms with Crippen molar-refractivity contribution in [2.24, 2.45) is 11.7 Å². The summed E-state index contributed by atoms with van der Waals surface area (Å²) in [5.74, 6) is 1.67. The van der Waals surface area contributed by atoms with Crippen molar-refractivity contribution in [2.45, 2.75) is 85.6 Å². The highest BCUT2D eigenvalue weighted by atomic mass is 16.5. The van der Waals surface area contributed by atoms with E-state index in [0.29, 0.717) is 35.8 Å². The summed E-state index contributed by atoms with van der Waals surface area (Å²) in [6.07, 6.45) is 9.46. The van der Waals surface area contributed by atoms with Crippen LogP contribution in [0.2, 0.25) is 0 Å². The lowest BCUT2D eigenvalue weighted by Gasteiger charge is -2.41. The number of rotatable bonds is 11. The van der Waals surface area contributed by atoms with Gasteiger partial charge < -0.3 is 20.6 Å². The predicted molar refractivity (Wildman–Crippen MR) is 163 cm³/mol. The minimum Gasteiger partial charge on any atom is -0.495 e. The Bertz CT molecular complexity index is 993. The molecule has 2 fully saturated rings. The molecule has 3 N–H and O–H groups in total. The maximum atomic E-state index is 8.35. The number of aryl methyl sites for hydroxylation is 1. The molecular weight excluding hydrogens is 470 g/mol. The number of allylic oxidation sites excluding steroid dienone is 6. The van der Waals surface area contributed by atoms with Gasteiger partial charge in [-0.25, -0.2) is 0 Å². The van der Waals surface area contributed by atoms with Crippen LogP contribution in [0.15, 0.2) is 47.3 Å². The highest BCUT2D eigenvalue weighted by Gasteiger charge is 2.30. The van der Waals surface area contributed by atoms with Crippen molar-refractivity contribution in [3.8, 4) is 0 Å². The van der Waals surface area contributed by atoms with Crippen LogP contribution in [0.1, 0.15) is 89.3 Å². The molecule has 0 spiro atoms. The molecule has 2 aliphatic heterocycles. The van der Waals surface area contributed by atoms with Crippen LogP contribution in [0, 0.1) is 18.3 Å². The summed E-state index contributed by atoms with van der Waals surface area (Å²) < 4.78 is 11.1. The van der Waals surface area contributed by atoms with Gasteiger partial charge in [-0.05, 0) is 111 Å².